The zero-order valence-corrected chi connectivity index (χ0v) is 10.6. The first kappa shape index (κ1) is 11.7. The molecule has 1 heterocycles. The number of benzene rings is 1. The molecule has 0 radical (unpaired) electrons. The van der Waals surface area contributed by atoms with Crippen LogP contribution < -0.4 is 10.6 Å². The molecule has 3 rings (SSSR count). The van der Waals surface area contributed by atoms with E-state index >= 15 is 0 Å². The van der Waals surface area contributed by atoms with Crippen molar-refractivity contribution in [1.82, 2.24) is 10.6 Å². The van der Waals surface area contributed by atoms with Gasteiger partial charge in [0, 0.05) is 6.54 Å². The molecule has 1 spiro atoms. The van der Waals surface area contributed by atoms with Gasteiger partial charge in [0.1, 0.15) is 0 Å². The molecule has 1 aliphatic carbocycles. The number of carbonyl (C=O) groups is 1. The van der Waals surface area contributed by atoms with Crippen LogP contribution in [0.25, 0.3) is 0 Å². The summed E-state index contributed by atoms with van der Waals surface area (Å²) in [6.45, 7) is 0.927. The summed E-state index contributed by atoms with van der Waals surface area (Å²) in [5, 5.41) is 6.70. The molecule has 0 bridgehead atoms. The number of piperazine rings is 1. The minimum Gasteiger partial charge on any atom is -0.348 e. The molecule has 3 nitrogen and oxygen atoms in total. The van der Waals surface area contributed by atoms with E-state index in [1.54, 1.807) is 0 Å². The Balaban J connectivity index is 1.64. The molecule has 1 saturated carbocycles. The van der Waals surface area contributed by atoms with Crippen LogP contribution in [0.5, 0.6) is 0 Å². The predicted molar refractivity (Wildman–Crippen MR) is 71.3 cm³/mol. The molecule has 1 aliphatic heterocycles. The summed E-state index contributed by atoms with van der Waals surface area (Å²) in [6, 6.07) is 10.1. The Morgan fingerprint density at radius 3 is 2.56 bits per heavy atom. The maximum atomic E-state index is 12.2. The van der Waals surface area contributed by atoms with Crippen LogP contribution in [0.4, 0.5) is 0 Å². The number of nitrogens with one attached hydrogen (secondary N) is 2. The predicted octanol–water partition coefficient (Wildman–Crippen LogP) is 1.63. The van der Waals surface area contributed by atoms with Gasteiger partial charge in [0.15, 0.2) is 0 Å². The fraction of sp³-hybridized carbons (Fsp3) is 0.533. The molecule has 1 aromatic carbocycles. The number of amides is 1. The van der Waals surface area contributed by atoms with Crippen molar-refractivity contribution in [3.63, 3.8) is 0 Å². The molecule has 1 aromatic rings. The van der Waals surface area contributed by atoms with E-state index in [0.29, 0.717) is 0 Å². The smallest absolute Gasteiger partial charge is 0.237 e. The van der Waals surface area contributed by atoms with Crippen molar-refractivity contribution in [2.45, 2.75) is 43.7 Å². The first-order valence-electron chi connectivity index (χ1n) is 6.87. The van der Waals surface area contributed by atoms with Gasteiger partial charge < -0.3 is 10.6 Å². The Kier molecular flexibility index (Phi) is 3.08. The SMILES string of the molecule is O=C1NC2(CCCC2)CN[C@H]1Cc1ccccc1. The lowest BCUT2D eigenvalue weighted by molar-refractivity contribution is -0.127. The molecule has 18 heavy (non-hydrogen) atoms. The van der Waals surface area contributed by atoms with E-state index in [4.69, 9.17) is 0 Å². The molecule has 2 fully saturated rings. The average Bonchev–Trinajstić information content (AvgIpc) is 2.83. The normalized spacial score (nSPS) is 26.2. The summed E-state index contributed by atoms with van der Waals surface area (Å²) in [7, 11) is 0. The molecular formula is C15H20N2O. The summed E-state index contributed by atoms with van der Waals surface area (Å²) in [4.78, 5) is 12.2. The topological polar surface area (TPSA) is 41.1 Å². The second kappa shape index (κ2) is 4.73. The van der Waals surface area contributed by atoms with Crippen LogP contribution in [-0.4, -0.2) is 24.0 Å². The Bertz CT molecular complexity index is 423. The number of carbonyl (C=O) groups excluding carboxylic acids is 1. The second-order valence-electron chi connectivity index (χ2n) is 5.60. The quantitative estimate of drug-likeness (QED) is 0.830. The number of hydrogen-bond donors (Lipinski definition) is 2. The van der Waals surface area contributed by atoms with Crippen molar-refractivity contribution < 1.29 is 4.79 Å². The van der Waals surface area contributed by atoms with Crippen LogP contribution in [-0.2, 0) is 11.2 Å². The van der Waals surface area contributed by atoms with Gasteiger partial charge in [-0.15, -0.1) is 0 Å². The van der Waals surface area contributed by atoms with E-state index in [-0.39, 0.29) is 17.5 Å². The molecule has 1 atom stereocenters. The first-order valence-corrected chi connectivity index (χ1v) is 6.87. The first-order chi connectivity index (χ1) is 8.77. The van der Waals surface area contributed by atoms with Crippen LogP contribution in [0.1, 0.15) is 31.2 Å². The molecule has 0 unspecified atom stereocenters. The molecule has 3 heteroatoms. The van der Waals surface area contributed by atoms with Gasteiger partial charge in [-0.1, -0.05) is 43.2 Å². The minimum absolute atomic E-state index is 0.0598. The van der Waals surface area contributed by atoms with Gasteiger partial charge in [-0.3, -0.25) is 4.79 Å². The fourth-order valence-corrected chi connectivity index (χ4v) is 3.17. The molecule has 96 valence electrons. The van der Waals surface area contributed by atoms with Crippen LogP contribution in [0, 0.1) is 0 Å². The summed E-state index contributed by atoms with van der Waals surface area (Å²) in [6.07, 6.45) is 5.52. The van der Waals surface area contributed by atoms with Crippen molar-refractivity contribution in [2.75, 3.05) is 6.54 Å². The van der Waals surface area contributed by atoms with Crippen LogP contribution in [0.2, 0.25) is 0 Å². The van der Waals surface area contributed by atoms with Crippen LogP contribution in [0.3, 0.4) is 0 Å². The number of rotatable bonds is 2. The van der Waals surface area contributed by atoms with E-state index < -0.39 is 0 Å². The lowest BCUT2D eigenvalue weighted by atomic mass is 9.92. The van der Waals surface area contributed by atoms with Gasteiger partial charge in [0.2, 0.25) is 5.91 Å². The van der Waals surface area contributed by atoms with E-state index in [1.165, 1.54) is 18.4 Å². The highest BCUT2D eigenvalue weighted by Gasteiger charge is 2.40. The van der Waals surface area contributed by atoms with Crippen molar-refractivity contribution in [3.8, 4) is 0 Å². The van der Waals surface area contributed by atoms with Gasteiger partial charge in [-0.05, 0) is 24.8 Å². The van der Waals surface area contributed by atoms with Crippen LogP contribution >= 0.6 is 0 Å². The Morgan fingerprint density at radius 2 is 1.89 bits per heavy atom. The van der Waals surface area contributed by atoms with Crippen LogP contribution in [0.15, 0.2) is 30.3 Å². The molecule has 2 aliphatic rings. The summed E-state index contributed by atoms with van der Waals surface area (Å²) in [5.74, 6) is 0.173. The molecule has 2 N–H and O–H groups in total. The van der Waals surface area contributed by atoms with E-state index in [0.717, 1.165) is 25.8 Å². The Labute approximate surface area is 108 Å². The maximum absolute atomic E-state index is 12.2. The third-order valence-corrected chi connectivity index (χ3v) is 4.24. The highest BCUT2D eigenvalue weighted by molar-refractivity contribution is 5.83. The van der Waals surface area contributed by atoms with Crippen molar-refractivity contribution in [3.05, 3.63) is 35.9 Å². The summed E-state index contributed by atoms with van der Waals surface area (Å²) in [5.41, 5.74) is 1.28. The average molecular weight is 244 g/mol. The van der Waals surface area contributed by atoms with Crippen molar-refractivity contribution >= 4 is 5.91 Å². The van der Waals surface area contributed by atoms with Gasteiger partial charge >= 0.3 is 0 Å². The minimum atomic E-state index is -0.0707. The molecule has 1 saturated heterocycles. The standard InChI is InChI=1S/C15H20N2O/c18-14-13(10-12-6-2-1-3-7-12)16-11-15(17-14)8-4-5-9-15/h1-3,6-7,13,16H,4-5,8-11H2,(H,17,18)/t13-/m0/s1. The van der Waals surface area contributed by atoms with E-state index in [2.05, 4.69) is 22.8 Å². The van der Waals surface area contributed by atoms with Gasteiger partial charge in [-0.2, -0.15) is 0 Å². The van der Waals surface area contributed by atoms with E-state index in [1.807, 2.05) is 18.2 Å². The maximum Gasteiger partial charge on any atom is 0.237 e. The van der Waals surface area contributed by atoms with Gasteiger partial charge in [0.25, 0.3) is 0 Å². The summed E-state index contributed by atoms with van der Waals surface area (Å²) < 4.78 is 0. The molecule has 1 amide bonds. The molecular weight excluding hydrogens is 224 g/mol. The highest BCUT2D eigenvalue weighted by atomic mass is 16.2. The third kappa shape index (κ3) is 2.27. The lowest BCUT2D eigenvalue weighted by Crippen LogP contribution is -2.65. The highest BCUT2D eigenvalue weighted by Crippen LogP contribution is 2.30. The monoisotopic (exact) mass is 244 g/mol. The Morgan fingerprint density at radius 1 is 1.17 bits per heavy atom. The Hall–Kier alpha value is -1.35. The zero-order chi connectivity index (χ0) is 12.4. The fourth-order valence-electron chi connectivity index (χ4n) is 3.17. The largest absolute Gasteiger partial charge is 0.348 e. The van der Waals surface area contributed by atoms with E-state index in [9.17, 15) is 4.79 Å². The molecule has 0 aromatic heterocycles. The third-order valence-electron chi connectivity index (χ3n) is 4.24. The summed E-state index contributed by atoms with van der Waals surface area (Å²) >= 11 is 0. The van der Waals surface area contributed by atoms with Gasteiger partial charge in [0.05, 0.1) is 11.6 Å². The van der Waals surface area contributed by atoms with Gasteiger partial charge in [-0.25, -0.2) is 0 Å². The second-order valence-corrected chi connectivity index (χ2v) is 5.60. The lowest BCUT2D eigenvalue weighted by Gasteiger charge is -2.38. The number of hydrogen-bond acceptors (Lipinski definition) is 2. The van der Waals surface area contributed by atoms with Crippen molar-refractivity contribution in [1.29, 1.82) is 0 Å². The van der Waals surface area contributed by atoms with Crippen molar-refractivity contribution in [2.24, 2.45) is 0 Å². The zero-order valence-electron chi connectivity index (χ0n) is 10.6.